The quantitative estimate of drug-likeness (QED) is 0.752. The van der Waals surface area contributed by atoms with Crippen molar-refractivity contribution in [1.29, 1.82) is 0 Å². The molecule has 1 aromatic rings. The topological polar surface area (TPSA) is 81.1 Å². The number of primary amides is 1. The fourth-order valence-electron chi connectivity index (χ4n) is 1.27. The van der Waals surface area contributed by atoms with E-state index in [0.29, 0.717) is 6.54 Å². The first kappa shape index (κ1) is 13.2. The van der Waals surface area contributed by atoms with Gasteiger partial charge in [-0.2, -0.15) is 0 Å². The first-order chi connectivity index (χ1) is 7.50. The Bertz CT molecular complexity index is 353. The minimum absolute atomic E-state index is 0.137. The normalized spacial score (nSPS) is 14.4. The summed E-state index contributed by atoms with van der Waals surface area (Å²) in [4.78, 5) is 10.7. The van der Waals surface area contributed by atoms with Crippen molar-refractivity contribution in [3.63, 3.8) is 0 Å². The molecule has 0 radical (unpaired) electrons. The molecule has 88 valence electrons. The van der Waals surface area contributed by atoms with Crippen molar-refractivity contribution in [2.75, 3.05) is 6.54 Å². The summed E-state index contributed by atoms with van der Waals surface area (Å²) in [6, 6.07) is 7.47. The van der Waals surface area contributed by atoms with E-state index in [1.807, 2.05) is 31.2 Å². The number of hydrogen-bond donors (Lipinski definition) is 3. The lowest BCUT2D eigenvalue weighted by atomic mass is 10.1. The average Bonchev–Trinajstić information content (AvgIpc) is 2.26. The summed E-state index contributed by atoms with van der Waals surface area (Å²) in [5.74, 6) is -0.490. The number of hydrogen-bond acceptors (Lipinski definition) is 3. The Morgan fingerprint density at radius 3 is 2.50 bits per heavy atom. The van der Waals surface area contributed by atoms with Gasteiger partial charge in [-0.05, 0) is 24.6 Å². The SMILES string of the molecule is CC(NCC(N)C(N)=O)c1ccc(Br)cc1. The molecule has 5 N–H and O–H groups in total. The summed E-state index contributed by atoms with van der Waals surface area (Å²) in [5, 5.41) is 3.16. The van der Waals surface area contributed by atoms with Gasteiger partial charge in [0.1, 0.15) is 0 Å². The van der Waals surface area contributed by atoms with Crippen LogP contribution in [-0.2, 0) is 4.79 Å². The minimum atomic E-state index is -0.641. The number of rotatable bonds is 5. The molecule has 1 amide bonds. The monoisotopic (exact) mass is 285 g/mol. The van der Waals surface area contributed by atoms with Gasteiger partial charge in [-0.25, -0.2) is 0 Å². The van der Waals surface area contributed by atoms with E-state index in [1.54, 1.807) is 0 Å². The zero-order valence-corrected chi connectivity index (χ0v) is 10.7. The van der Waals surface area contributed by atoms with E-state index in [1.165, 1.54) is 0 Å². The first-order valence-corrected chi connectivity index (χ1v) is 5.83. The largest absolute Gasteiger partial charge is 0.368 e. The standard InChI is InChI=1S/C11H16BrN3O/c1-7(15-6-10(13)11(14)16)8-2-4-9(12)5-3-8/h2-5,7,10,15H,6,13H2,1H3,(H2,14,16). The summed E-state index contributed by atoms with van der Waals surface area (Å²) in [6.45, 7) is 2.39. The van der Waals surface area contributed by atoms with Crippen LogP contribution in [0.5, 0.6) is 0 Å². The summed E-state index contributed by atoms with van der Waals surface area (Å²) in [5.41, 5.74) is 11.7. The Morgan fingerprint density at radius 1 is 1.44 bits per heavy atom. The average molecular weight is 286 g/mol. The van der Waals surface area contributed by atoms with Crippen LogP contribution in [0.3, 0.4) is 0 Å². The Hall–Kier alpha value is -0.910. The predicted molar refractivity (Wildman–Crippen MR) is 67.7 cm³/mol. The lowest BCUT2D eigenvalue weighted by Gasteiger charge is -2.16. The molecule has 2 atom stereocenters. The highest BCUT2D eigenvalue weighted by Crippen LogP contribution is 2.16. The fraction of sp³-hybridized carbons (Fsp3) is 0.364. The highest BCUT2D eigenvalue weighted by molar-refractivity contribution is 9.10. The van der Waals surface area contributed by atoms with Crippen LogP contribution in [0.2, 0.25) is 0 Å². The molecule has 16 heavy (non-hydrogen) atoms. The van der Waals surface area contributed by atoms with Crippen molar-refractivity contribution < 1.29 is 4.79 Å². The van der Waals surface area contributed by atoms with Crippen LogP contribution in [-0.4, -0.2) is 18.5 Å². The van der Waals surface area contributed by atoms with E-state index in [2.05, 4.69) is 21.2 Å². The smallest absolute Gasteiger partial charge is 0.235 e. The molecule has 0 heterocycles. The third-order valence-electron chi connectivity index (χ3n) is 2.38. The van der Waals surface area contributed by atoms with Crippen molar-refractivity contribution in [3.8, 4) is 0 Å². The molecule has 0 aromatic heterocycles. The molecule has 2 unspecified atom stereocenters. The van der Waals surface area contributed by atoms with Crippen molar-refractivity contribution in [2.45, 2.75) is 19.0 Å². The molecule has 4 nitrogen and oxygen atoms in total. The van der Waals surface area contributed by atoms with Gasteiger partial charge in [-0.15, -0.1) is 0 Å². The number of carbonyl (C=O) groups excluding carboxylic acids is 1. The van der Waals surface area contributed by atoms with Gasteiger partial charge in [0.25, 0.3) is 0 Å². The van der Waals surface area contributed by atoms with Gasteiger partial charge < -0.3 is 16.8 Å². The van der Waals surface area contributed by atoms with E-state index in [-0.39, 0.29) is 6.04 Å². The molecule has 0 aliphatic carbocycles. The molecular formula is C11H16BrN3O. The molecule has 5 heteroatoms. The molecule has 0 bridgehead atoms. The van der Waals surface area contributed by atoms with Crippen molar-refractivity contribution >= 4 is 21.8 Å². The van der Waals surface area contributed by atoms with Crippen LogP contribution < -0.4 is 16.8 Å². The molecule has 0 fully saturated rings. The zero-order valence-electron chi connectivity index (χ0n) is 9.11. The van der Waals surface area contributed by atoms with Crippen molar-refractivity contribution in [3.05, 3.63) is 34.3 Å². The first-order valence-electron chi connectivity index (χ1n) is 5.04. The molecule has 0 saturated heterocycles. The summed E-state index contributed by atoms with van der Waals surface area (Å²) in [6.07, 6.45) is 0. The van der Waals surface area contributed by atoms with Crippen molar-refractivity contribution in [1.82, 2.24) is 5.32 Å². The molecule has 1 aromatic carbocycles. The highest BCUT2D eigenvalue weighted by Gasteiger charge is 2.11. The Kier molecular flexibility index (Phi) is 4.92. The third-order valence-corrected chi connectivity index (χ3v) is 2.91. The zero-order chi connectivity index (χ0) is 12.1. The van der Waals surface area contributed by atoms with Gasteiger partial charge in [0.15, 0.2) is 0 Å². The number of nitrogens with two attached hydrogens (primary N) is 2. The van der Waals surface area contributed by atoms with Gasteiger partial charge in [-0.3, -0.25) is 4.79 Å². The number of halogens is 1. The molecule has 0 aliphatic rings. The van der Waals surface area contributed by atoms with Gasteiger partial charge in [0.2, 0.25) is 5.91 Å². The van der Waals surface area contributed by atoms with Gasteiger partial charge >= 0.3 is 0 Å². The van der Waals surface area contributed by atoms with Gasteiger partial charge in [0.05, 0.1) is 6.04 Å². The third kappa shape index (κ3) is 3.92. The molecule has 0 saturated carbocycles. The summed E-state index contributed by atoms with van der Waals surface area (Å²) < 4.78 is 1.04. The van der Waals surface area contributed by atoms with Crippen LogP contribution >= 0.6 is 15.9 Å². The second-order valence-corrected chi connectivity index (χ2v) is 4.61. The molecular weight excluding hydrogens is 270 g/mol. The van der Waals surface area contributed by atoms with Crippen LogP contribution in [0, 0.1) is 0 Å². The van der Waals surface area contributed by atoms with E-state index >= 15 is 0 Å². The number of amides is 1. The lowest BCUT2D eigenvalue weighted by molar-refractivity contribution is -0.119. The second kappa shape index (κ2) is 5.98. The molecule has 0 spiro atoms. The molecule has 0 aliphatic heterocycles. The fourth-order valence-corrected chi connectivity index (χ4v) is 1.54. The van der Waals surface area contributed by atoms with Gasteiger partial charge in [0, 0.05) is 17.1 Å². The van der Waals surface area contributed by atoms with Crippen LogP contribution in [0.25, 0.3) is 0 Å². The maximum atomic E-state index is 10.7. The van der Waals surface area contributed by atoms with E-state index in [9.17, 15) is 4.79 Å². The Morgan fingerprint density at radius 2 is 2.00 bits per heavy atom. The van der Waals surface area contributed by atoms with Gasteiger partial charge in [-0.1, -0.05) is 28.1 Å². The van der Waals surface area contributed by atoms with Crippen LogP contribution in [0.1, 0.15) is 18.5 Å². The van der Waals surface area contributed by atoms with Crippen molar-refractivity contribution in [2.24, 2.45) is 11.5 Å². The van der Waals surface area contributed by atoms with Crippen LogP contribution in [0.15, 0.2) is 28.7 Å². The number of nitrogens with one attached hydrogen (secondary N) is 1. The van der Waals surface area contributed by atoms with E-state index in [0.717, 1.165) is 10.0 Å². The summed E-state index contributed by atoms with van der Waals surface area (Å²) >= 11 is 3.37. The number of carbonyl (C=O) groups is 1. The highest BCUT2D eigenvalue weighted by atomic mass is 79.9. The Labute approximate surface area is 104 Å². The predicted octanol–water partition coefficient (Wildman–Crippen LogP) is 0.912. The maximum Gasteiger partial charge on any atom is 0.235 e. The second-order valence-electron chi connectivity index (χ2n) is 3.69. The van der Waals surface area contributed by atoms with E-state index in [4.69, 9.17) is 11.5 Å². The summed E-state index contributed by atoms with van der Waals surface area (Å²) in [7, 11) is 0. The van der Waals surface area contributed by atoms with E-state index < -0.39 is 11.9 Å². The Balaban J connectivity index is 2.49. The minimum Gasteiger partial charge on any atom is -0.368 e. The lowest BCUT2D eigenvalue weighted by Crippen LogP contribution is -2.44. The van der Waals surface area contributed by atoms with Crippen LogP contribution in [0.4, 0.5) is 0 Å². The maximum absolute atomic E-state index is 10.7. The number of benzene rings is 1. The molecule has 1 rings (SSSR count).